The van der Waals surface area contributed by atoms with Crippen LogP contribution in [0.25, 0.3) is 0 Å². The van der Waals surface area contributed by atoms with Gasteiger partial charge in [-0.15, -0.1) is 6.58 Å². The Balaban J connectivity index is -0.000000216. The van der Waals surface area contributed by atoms with Gasteiger partial charge in [-0.3, -0.25) is 4.79 Å². The van der Waals surface area contributed by atoms with E-state index >= 15 is 0 Å². The van der Waals surface area contributed by atoms with E-state index in [1.54, 1.807) is 11.1 Å². The Kier molecular flexibility index (Phi) is 18.2. The molecule has 1 fully saturated rings. The van der Waals surface area contributed by atoms with Crippen LogP contribution in [0.2, 0.25) is 0 Å². The van der Waals surface area contributed by atoms with Gasteiger partial charge in [0.1, 0.15) is 0 Å². The molecule has 0 radical (unpaired) electrons. The molecule has 1 N–H and O–H groups in total. The molecule has 102 valence electrons. The normalized spacial score (nSPS) is 13.5. The number of aliphatic hydroxyl groups excluding tert-OH is 1. The fourth-order valence-electron chi connectivity index (χ4n) is 0.958. The minimum Gasteiger partial charge on any atom is -0.550 e. The van der Waals surface area contributed by atoms with E-state index in [0.717, 1.165) is 19.2 Å². The molecule has 0 bridgehead atoms. The van der Waals surface area contributed by atoms with E-state index in [1.165, 1.54) is 13.0 Å². The predicted octanol–water partition coefficient (Wildman–Crippen LogP) is -2.00. The fraction of sp³-hybridized carbons (Fsp3) is 0.385. The molecule has 0 aromatic heterocycles. The molecule has 0 saturated carbocycles. The molecule has 1 aliphatic rings. The third kappa shape index (κ3) is 13.2. The van der Waals surface area contributed by atoms with Crippen LogP contribution in [0.15, 0.2) is 38.3 Å². The molecule has 5 nitrogen and oxygen atoms in total. The zero-order chi connectivity index (χ0) is 14.6. The summed E-state index contributed by atoms with van der Waals surface area (Å²) in [6, 6.07) is 0. The minimum atomic E-state index is -1.07. The maximum atomic E-state index is 10.7. The summed E-state index contributed by atoms with van der Waals surface area (Å²) in [5.74, 6) is -1.39. The van der Waals surface area contributed by atoms with Crippen LogP contribution in [0.5, 0.6) is 0 Å². The van der Waals surface area contributed by atoms with Gasteiger partial charge in [0.05, 0.1) is 6.26 Å². The Hall–Kier alpha value is -1.04. The second kappa shape index (κ2) is 15.0. The number of carboxylic acids is 1. The number of carboxylic acid groups (broad SMARTS) is 1. The molecule has 1 aliphatic heterocycles. The molecule has 0 spiro atoms. The number of likely N-dealkylation sites (tertiary alicyclic amines) is 1. The quantitative estimate of drug-likeness (QED) is 0.368. The first kappa shape index (κ1) is 23.1. The molecule has 0 aromatic carbocycles. The Labute approximate surface area is 136 Å². The molecule has 1 saturated heterocycles. The van der Waals surface area contributed by atoms with Crippen molar-refractivity contribution in [3.63, 3.8) is 0 Å². The van der Waals surface area contributed by atoms with Gasteiger partial charge in [-0.05, 0) is 12.6 Å². The summed E-state index contributed by atoms with van der Waals surface area (Å²) in [5, 5.41) is 17.1. The standard InChI is InChI=1S/C6H9NO.C5H8O2.C2H4O.Na/c1-2-7-5-3-4-6(7)8;1-3-4(2)5(6)7;1-2-3;/h2H,1,3-5H2;3-4H,1H2,2H3,(H,6,7);2-3H,1H2;/q;;;+1/p-1. The zero-order valence-electron chi connectivity index (χ0n) is 11.7. The second-order valence-electron chi connectivity index (χ2n) is 3.40. The molecule has 19 heavy (non-hydrogen) atoms. The predicted molar refractivity (Wildman–Crippen MR) is 68.3 cm³/mol. The van der Waals surface area contributed by atoms with Crippen molar-refractivity contribution in [2.75, 3.05) is 6.54 Å². The molecule has 6 heteroatoms. The summed E-state index contributed by atoms with van der Waals surface area (Å²) in [4.78, 5) is 22.1. The summed E-state index contributed by atoms with van der Waals surface area (Å²) < 4.78 is 0. The second-order valence-corrected chi connectivity index (χ2v) is 3.40. The number of rotatable bonds is 3. The van der Waals surface area contributed by atoms with Crippen LogP contribution < -0.4 is 34.7 Å². The maximum absolute atomic E-state index is 10.7. The average molecular weight is 277 g/mol. The van der Waals surface area contributed by atoms with E-state index in [4.69, 9.17) is 5.11 Å². The number of hydrogen-bond donors (Lipinski definition) is 1. The van der Waals surface area contributed by atoms with E-state index in [9.17, 15) is 14.7 Å². The Morgan fingerprint density at radius 1 is 1.47 bits per heavy atom. The number of carbonyl (C=O) groups excluding carboxylic acids is 2. The van der Waals surface area contributed by atoms with Gasteiger partial charge >= 0.3 is 29.6 Å². The topological polar surface area (TPSA) is 80.7 Å². The van der Waals surface area contributed by atoms with Crippen molar-refractivity contribution in [1.82, 2.24) is 4.90 Å². The molecule has 1 amide bonds. The van der Waals surface area contributed by atoms with Crippen molar-refractivity contribution in [2.24, 2.45) is 5.92 Å². The number of aliphatic carboxylic acids is 1. The molecular formula is C13H20NNaO4. The van der Waals surface area contributed by atoms with Gasteiger partial charge < -0.3 is 19.9 Å². The van der Waals surface area contributed by atoms with Crippen molar-refractivity contribution in [2.45, 2.75) is 19.8 Å². The van der Waals surface area contributed by atoms with E-state index in [-0.39, 0.29) is 35.5 Å². The van der Waals surface area contributed by atoms with Gasteiger partial charge in [0.25, 0.3) is 0 Å². The van der Waals surface area contributed by atoms with Gasteiger partial charge in [-0.1, -0.05) is 26.2 Å². The van der Waals surface area contributed by atoms with Crippen molar-refractivity contribution < 1.29 is 49.4 Å². The van der Waals surface area contributed by atoms with Crippen LogP contribution in [0.3, 0.4) is 0 Å². The summed E-state index contributed by atoms with van der Waals surface area (Å²) in [6.45, 7) is 12.1. The van der Waals surface area contributed by atoms with Crippen LogP contribution in [0, 0.1) is 5.92 Å². The van der Waals surface area contributed by atoms with Gasteiger partial charge in [0.2, 0.25) is 5.91 Å². The molecule has 1 rings (SSSR count). The molecule has 1 atom stereocenters. The average Bonchev–Trinajstić information content (AvgIpc) is 2.75. The van der Waals surface area contributed by atoms with Crippen LogP contribution >= 0.6 is 0 Å². The van der Waals surface area contributed by atoms with Crippen LogP contribution in [-0.4, -0.2) is 28.4 Å². The fourth-order valence-corrected chi connectivity index (χ4v) is 0.958. The maximum Gasteiger partial charge on any atom is 1.00 e. The third-order valence-electron chi connectivity index (χ3n) is 2.06. The number of hydrogen-bond acceptors (Lipinski definition) is 4. The van der Waals surface area contributed by atoms with Crippen LogP contribution in [-0.2, 0) is 9.59 Å². The van der Waals surface area contributed by atoms with Gasteiger partial charge in [-0.2, -0.15) is 0 Å². The Morgan fingerprint density at radius 3 is 2.05 bits per heavy atom. The summed E-state index contributed by atoms with van der Waals surface area (Å²) >= 11 is 0. The molecular weight excluding hydrogens is 257 g/mol. The van der Waals surface area contributed by atoms with Gasteiger partial charge in [-0.25, -0.2) is 0 Å². The largest absolute Gasteiger partial charge is 1.00 e. The first-order chi connectivity index (χ1) is 8.44. The minimum absolute atomic E-state index is 0. The van der Waals surface area contributed by atoms with E-state index < -0.39 is 11.9 Å². The van der Waals surface area contributed by atoms with Crippen LogP contribution in [0.4, 0.5) is 0 Å². The van der Waals surface area contributed by atoms with Crippen molar-refractivity contribution >= 4 is 11.9 Å². The number of nitrogens with zero attached hydrogens (tertiary/aromatic N) is 1. The van der Waals surface area contributed by atoms with Gasteiger partial charge in [0.15, 0.2) is 0 Å². The van der Waals surface area contributed by atoms with E-state index in [1.807, 2.05) is 0 Å². The molecule has 0 aliphatic carbocycles. The molecule has 0 aromatic rings. The Morgan fingerprint density at radius 2 is 1.95 bits per heavy atom. The third-order valence-corrected chi connectivity index (χ3v) is 2.06. The van der Waals surface area contributed by atoms with E-state index in [2.05, 4.69) is 19.7 Å². The monoisotopic (exact) mass is 277 g/mol. The summed E-state index contributed by atoms with van der Waals surface area (Å²) in [6.07, 6.45) is 5.36. The Bertz CT molecular complexity index is 305. The molecule has 1 heterocycles. The smallest absolute Gasteiger partial charge is 0.550 e. The summed E-state index contributed by atoms with van der Waals surface area (Å²) in [5.41, 5.74) is 0. The zero-order valence-corrected chi connectivity index (χ0v) is 13.7. The van der Waals surface area contributed by atoms with Crippen molar-refractivity contribution in [1.29, 1.82) is 0 Å². The SMILES string of the molecule is C=CC(C)C(=O)[O-].C=CN1CCCC1=O.C=CO.[Na+]. The first-order valence-corrected chi connectivity index (χ1v) is 5.45. The van der Waals surface area contributed by atoms with Crippen LogP contribution in [0.1, 0.15) is 19.8 Å². The number of aliphatic hydroxyl groups is 1. The van der Waals surface area contributed by atoms with Gasteiger partial charge in [0, 0.05) is 24.9 Å². The number of carbonyl (C=O) groups is 2. The van der Waals surface area contributed by atoms with Crippen molar-refractivity contribution in [3.05, 3.63) is 38.3 Å². The number of amides is 1. The molecule has 1 unspecified atom stereocenters. The van der Waals surface area contributed by atoms with E-state index in [0.29, 0.717) is 6.42 Å². The first-order valence-electron chi connectivity index (χ1n) is 5.45. The summed E-state index contributed by atoms with van der Waals surface area (Å²) in [7, 11) is 0. The van der Waals surface area contributed by atoms with Crippen molar-refractivity contribution in [3.8, 4) is 0 Å².